The van der Waals surface area contributed by atoms with Gasteiger partial charge in [-0.2, -0.15) is 0 Å². The van der Waals surface area contributed by atoms with Crippen LogP contribution in [0.2, 0.25) is 5.02 Å². The van der Waals surface area contributed by atoms with Gasteiger partial charge in [0.1, 0.15) is 0 Å². The van der Waals surface area contributed by atoms with Gasteiger partial charge in [-0.25, -0.2) is 0 Å². The predicted octanol–water partition coefficient (Wildman–Crippen LogP) is 4.53. The second-order valence-electron chi connectivity index (χ2n) is 9.11. The quantitative estimate of drug-likeness (QED) is 0.463. The molecule has 1 aliphatic rings. The molecule has 0 fully saturated rings. The second kappa shape index (κ2) is 9.47. The van der Waals surface area contributed by atoms with Crippen molar-refractivity contribution < 1.29 is 19.7 Å². The molecule has 1 amide bonds. The van der Waals surface area contributed by atoms with Gasteiger partial charge in [0.15, 0.2) is 5.72 Å². The molecule has 0 saturated heterocycles. The lowest BCUT2D eigenvalue weighted by atomic mass is 9.89. The first-order chi connectivity index (χ1) is 16.2. The Morgan fingerprint density at radius 1 is 1.12 bits per heavy atom. The third-order valence-corrected chi connectivity index (χ3v) is 6.34. The fourth-order valence-corrected chi connectivity index (χ4v) is 4.40. The summed E-state index contributed by atoms with van der Waals surface area (Å²) in [5, 5.41) is 20.6. The first kappa shape index (κ1) is 24.4. The van der Waals surface area contributed by atoms with Gasteiger partial charge < -0.3 is 14.9 Å². The highest BCUT2D eigenvalue weighted by Gasteiger charge is 2.52. The van der Waals surface area contributed by atoms with Crippen molar-refractivity contribution in [2.24, 2.45) is 0 Å². The molecular weight excluding hydrogens is 452 g/mol. The number of benzene rings is 2. The van der Waals surface area contributed by atoms with Crippen LogP contribution < -0.4 is 0 Å². The summed E-state index contributed by atoms with van der Waals surface area (Å²) in [5.41, 5.74) is 1.92. The highest BCUT2D eigenvalue weighted by Crippen LogP contribution is 2.47. The van der Waals surface area contributed by atoms with Gasteiger partial charge in [0.2, 0.25) is 0 Å². The smallest absolute Gasteiger partial charge is 0.257 e. The fourth-order valence-electron chi connectivity index (χ4n) is 4.28. The summed E-state index contributed by atoms with van der Waals surface area (Å²) in [4.78, 5) is 20.1. The SMILES string of the molecule is Cc1ccc(CN2C(=O)c3cc(C(C)(C)O)ccc3[C@]2(OCCCO)c2ccc(Cl)cc2)nc1. The predicted molar refractivity (Wildman–Crippen MR) is 130 cm³/mol. The van der Waals surface area contributed by atoms with Gasteiger partial charge in [-0.05, 0) is 62.6 Å². The minimum atomic E-state index is -1.24. The van der Waals surface area contributed by atoms with E-state index in [1.54, 1.807) is 43.1 Å². The van der Waals surface area contributed by atoms with E-state index in [1.165, 1.54) is 0 Å². The first-order valence-electron chi connectivity index (χ1n) is 11.3. The Labute approximate surface area is 204 Å². The zero-order chi connectivity index (χ0) is 24.5. The van der Waals surface area contributed by atoms with Crippen LogP contribution in [0.4, 0.5) is 0 Å². The normalized spacial score (nSPS) is 17.8. The van der Waals surface area contributed by atoms with Crippen molar-refractivity contribution in [1.82, 2.24) is 9.88 Å². The molecule has 0 aliphatic carbocycles. The lowest BCUT2D eigenvalue weighted by molar-refractivity contribution is -0.114. The largest absolute Gasteiger partial charge is 0.396 e. The first-order valence-corrected chi connectivity index (χ1v) is 11.7. The van der Waals surface area contributed by atoms with Crippen molar-refractivity contribution in [3.63, 3.8) is 0 Å². The van der Waals surface area contributed by atoms with E-state index in [4.69, 9.17) is 16.3 Å². The van der Waals surface area contributed by atoms with Gasteiger partial charge in [-0.15, -0.1) is 0 Å². The Balaban J connectivity index is 1.92. The van der Waals surface area contributed by atoms with Gasteiger partial charge >= 0.3 is 0 Å². The van der Waals surface area contributed by atoms with E-state index in [1.807, 2.05) is 43.3 Å². The maximum atomic E-state index is 13.9. The minimum absolute atomic E-state index is 0.0331. The Bertz CT molecular complexity index is 1170. The second-order valence-corrected chi connectivity index (χ2v) is 9.55. The molecule has 0 radical (unpaired) electrons. The number of pyridine rings is 1. The molecule has 2 aromatic carbocycles. The van der Waals surface area contributed by atoms with Crippen LogP contribution >= 0.6 is 11.6 Å². The number of hydrogen-bond acceptors (Lipinski definition) is 5. The number of aryl methyl sites for hydroxylation is 1. The molecule has 1 aliphatic heterocycles. The number of carbonyl (C=O) groups is 1. The summed E-state index contributed by atoms with van der Waals surface area (Å²) >= 11 is 6.18. The molecule has 178 valence electrons. The van der Waals surface area contributed by atoms with Crippen molar-refractivity contribution >= 4 is 17.5 Å². The molecule has 0 saturated carbocycles. The fraction of sp³-hybridized carbons (Fsp3) is 0.333. The minimum Gasteiger partial charge on any atom is -0.396 e. The summed E-state index contributed by atoms with van der Waals surface area (Å²) < 4.78 is 6.50. The van der Waals surface area contributed by atoms with Crippen LogP contribution in [0.1, 0.15) is 58.6 Å². The summed E-state index contributed by atoms with van der Waals surface area (Å²) in [5.74, 6) is -0.220. The Morgan fingerprint density at radius 2 is 1.85 bits per heavy atom. The number of fused-ring (bicyclic) bond motifs is 1. The molecule has 7 heteroatoms. The van der Waals surface area contributed by atoms with Gasteiger partial charge in [-0.1, -0.05) is 41.9 Å². The molecule has 6 nitrogen and oxygen atoms in total. The van der Waals surface area contributed by atoms with E-state index in [0.717, 1.165) is 16.8 Å². The third-order valence-electron chi connectivity index (χ3n) is 6.09. The van der Waals surface area contributed by atoms with Crippen LogP contribution in [-0.4, -0.2) is 39.2 Å². The van der Waals surface area contributed by atoms with Crippen molar-refractivity contribution in [3.05, 3.63) is 99.3 Å². The van der Waals surface area contributed by atoms with Gasteiger partial charge in [0, 0.05) is 34.5 Å². The summed E-state index contributed by atoms with van der Waals surface area (Å²) in [6.07, 6.45) is 2.18. The maximum absolute atomic E-state index is 13.9. The standard InChI is InChI=1S/C27H29ClN2O4/c1-18-5-11-22(29-16-18)17-30-25(32)23-15-20(26(2,3)33)8-12-24(23)27(30,34-14-4-13-31)19-6-9-21(28)10-7-19/h5-12,15-16,31,33H,4,13-14,17H2,1-3H3/t27-/m1/s1. The monoisotopic (exact) mass is 480 g/mol. The van der Waals surface area contributed by atoms with Crippen molar-refractivity contribution in [3.8, 4) is 0 Å². The number of aliphatic hydroxyl groups excluding tert-OH is 1. The van der Waals surface area contributed by atoms with E-state index >= 15 is 0 Å². The molecule has 3 aromatic rings. The summed E-state index contributed by atoms with van der Waals surface area (Å²) in [7, 11) is 0. The molecule has 2 N–H and O–H groups in total. The van der Waals surface area contributed by atoms with E-state index in [-0.39, 0.29) is 25.7 Å². The zero-order valence-corrected chi connectivity index (χ0v) is 20.3. The highest BCUT2D eigenvalue weighted by atomic mass is 35.5. The number of ether oxygens (including phenoxy) is 1. The molecule has 2 heterocycles. The summed E-state index contributed by atoms with van der Waals surface area (Å²) in [6, 6.07) is 16.5. The van der Waals surface area contributed by atoms with Gasteiger partial charge in [-0.3, -0.25) is 14.7 Å². The molecule has 34 heavy (non-hydrogen) atoms. The topological polar surface area (TPSA) is 82.9 Å². The lowest BCUT2D eigenvalue weighted by Gasteiger charge is -2.39. The highest BCUT2D eigenvalue weighted by molar-refractivity contribution is 6.30. The number of rotatable bonds is 8. The number of carbonyl (C=O) groups excluding carboxylic acids is 1. The summed E-state index contributed by atoms with van der Waals surface area (Å²) in [6.45, 7) is 5.75. The van der Waals surface area contributed by atoms with E-state index in [9.17, 15) is 15.0 Å². The molecule has 4 rings (SSSR count). The van der Waals surface area contributed by atoms with Gasteiger partial charge in [0.25, 0.3) is 5.91 Å². The van der Waals surface area contributed by atoms with Gasteiger partial charge in [0.05, 0.1) is 24.4 Å². The number of halogens is 1. The van der Waals surface area contributed by atoms with Crippen LogP contribution in [0.5, 0.6) is 0 Å². The number of nitrogens with zero attached hydrogens (tertiary/aromatic N) is 2. The molecule has 0 spiro atoms. The number of aliphatic hydroxyl groups is 2. The third kappa shape index (κ3) is 4.46. The van der Waals surface area contributed by atoms with Crippen molar-refractivity contribution in [2.45, 2.75) is 45.1 Å². The average molecular weight is 481 g/mol. The Kier molecular flexibility index (Phi) is 6.78. The molecular formula is C27H29ClN2O4. The number of hydrogen-bond donors (Lipinski definition) is 2. The molecule has 0 bridgehead atoms. The van der Waals surface area contributed by atoms with Crippen LogP contribution in [0.15, 0.2) is 60.8 Å². The average Bonchev–Trinajstić information content (AvgIpc) is 3.03. The van der Waals surface area contributed by atoms with Crippen molar-refractivity contribution in [2.75, 3.05) is 13.2 Å². The van der Waals surface area contributed by atoms with Crippen LogP contribution in [0.25, 0.3) is 0 Å². The van der Waals surface area contributed by atoms with Crippen LogP contribution in [0, 0.1) is 6.92 Å². The van der Waals surface area contributed by atoms with Crippen LogP contribution in [-0.2, 0) is 22.6 Å². The maximum Gasteiger partial charge on any atom is 0.257 e. The Morgan fingerprint density at radius 3 is 2.47 bits per heavy atom. The zero-order valence-electron chi connectivity index (χ0n) is 19.6. The van der Waals surface area contributed by atoms with Crippen LogP contribution in [0.3, 0.4) is 0 Å². The molecule has 1 aromatic heterocycles. The number of amides is 1. The van der Waals surface area contributed by atoms with E-state index < -0.39 is 11.3 Å². The molecule has 1 atom stereocenters. The Hall–Kier alpha value is -2.77. The molecule has 0 unspecified atom stereocenters. The number of aromatic nitrogens is 1. The van der Waals surface area contributed by atoms with E-state index in [2.05, 4.69) is 4.98 Å². The lowest BCUT2D eigenvalue weighted by Crippen LogP contribution is -2.47. The van der Waals surface area contributed by atoms with Crippen molar-refractivity contribution in [1.29, 1.82) is 0 Å². The van der Waals surface area contributed by atoms with E-state index in [0.29, 0.717) is 28.1 Å².